The van der Waals surface area contributed by atoms with Crippen LogP contribution in [0.2, 0.25) is 0 Å². The third-order valence-corrected chi connectivity index (χ3v) is 9.15. The molecule has 0 spiro atoms. The second kappa shape index (κ2) is 10.8. The van der Waals surface area contributed by atoms with Gasteiger partial charge >= 0.3 is 0 Å². The van der Waals surface area contributed by atoms with Gasteiger partial charge in [0.2, 0.25) is 0 Å². The van der Waals surface area contributed by atoms with E-state index in [2.05, 4.69) is 191 Å². The molecule has 2 heteroatoms. The average Bonchev–Trinajstić information content (AvgIpc) is 3.48. The van der Waals surface area contributed by atoms with E-state index in [9.17, 15) is 0 Å². The average molecular weight is 587 g/mol. The van der Waals surface area contributed by atoms with E-state index in [1.165, 1.54) is 54.5 Å². The number of hydrogen-bond acceptors (Lipinski definition) is 1. The molecule has 0 N–H and O–H groups in total. The van der Waals surface area contributed by atoms with Crippen molar-refractivity contribution in [3.05, 3.63) is 182 Å². The molecule has 1 aromatic heterocycles. The summed E-state index contributed by atoms with van der Waals surface area (Å²) in [5, 5.41) is 7.46. The number of anilines is 3. The maximum Gasteiger partial charge on any atom is 0.0782 e. The summed E-state index contributed by atoms with van der Waals surface area (Å²) in [6.07, 6.45) is 0. The summed E-state index contributed by atoms with van der Waals surface area (Å²) < 4.78 is 2.42. The van der Waals surface area contributed by atoms with Crippen molar-refractivity contribution in [3.8, 4) is 16.8 Å². The Morgan fingerprint density at radius 2 is 0.957 bits per heavy atom. The van der Waals surface area contributed by atoms with E-state index in [0.717, 1.165) is 22.7 Å². The van der Waals surface area contributed by atoms with Crippen LogP contribution in [-0.2, 0) is 0 Å². The molecule has 0 fully saturated rings. The van der Waals surface area contributed by atoms with E-state index in [-0.39, 0.29) is 0 Å². The molecule has 0 saturated carbocycles. The zero-order valence-electron chi connectivity index (χ0n) is 25.2. The van der Waals surface area contributed by atoms with Gasteiger partial charge in [-0.1, -0.05) is 133 Å². The third kappa shape index (κ3) is 4.27. The highest BCUT2D eigenvalue weighted by Gasteiger charge is 2.21. The quantitative estimate of drug-likeness (QED) is 0.182. The Labute approximate surface area is 268 Å². The summed E-state index contributed by atoms with van der Waals surface area (Å²) in [4.78, 5) is 2.43. The van der Waals surface area contributed by atoms with Crippen LogP contribution in [0.15, 0.2) is 182 Å². The van der Waals surface area contributed by atoms with Crippen molar-refractivity contribution in [1.29, 1.82) is 0 Å². The van der Waals surface area contributed by atoms with Gasteiger partial charge in [-0.25, -0.2) is 0 Å². The third-order valence-electron chi connectivity index (χ3n) is 9.15. The smallest absolute Gasteiger partial charge is 0.0782 e. The van der Waals surface area contributed by atoms with Gasteiger partial charge in [-0.05, 0) is 81.2 Å². The van der Waals surface area contributed by atoms with Crippen LogP contribution in [0.1, 0.15) is 0 Å². The summed E-state index contributed by atoms with van der Waals surface area (Å²) in [6.45, 7) is 0. The molecule has 0 bridgehead atoms. The second-order valence-electron chi connectivity index (χ2n) is 11.8. The summed E-state index contributed by atoms with van der Waals surface area (Å²) in [7, 11) is 0. The standard InChI is InChI=1S/C44H30N2/c1-3-12-31(13-4-1)32-24-27-36(28-25-32)45(37-29-26-34-23-22-33-14-7-8-17-38(33)41(34)30-37)43-21-11-19-40-39-18-9-10-20-42(39)46(44(40)43)35-15-5-2-6-16-35/h1-30H. The normalized spacial score (nSPS) is 11.5. The van der Waals surface area contributed by atoms with Crippen molar-refractivity contribution < 1.29 is 0 Å². The molecule has 8 aromatic carbocycles. The van der Waals surface area contributed by atoms with Gasteiger partial charge in [0.15, 0.2) is 0 Å². The molecule has 216 valence electrons. The van der Waals surface area contributed by atoms with Crippen LogP contribution >= 0.6 is 0 Å². The monoisotopic (exact) mass is 586 g/mol. The lowest BCUT2D eigenvalue weighted by atomic mass is 10.0. The molecular weight excluding hydrogens is 556 g/mol. The van der Waals surface area contributed by atoms with Crippen LogP contribution in [0, 0.1) is 0 Å². The molecule has 9 rings (SSSR count). The number of aromatic nitrogens is 1. The predicted octanol–water partition coefficient (Wildman–Crippen LogP) is 12.2. The van der Waals surface area contributed by atoms with E-state index >= 15 is 0 Å². The van der Waals surface area contributed by atoms with Gasteiger partial charge in [0, 0.05) is 27.8 Å². The molecule has 0 saturated heterocycles. The lowest BCUT2D eigenvalue weighted by Crippen LogP contribution is -2.11. The minimum Gasteiger partial charge on any atom is -0.308 e. The van der Waals surface area contributed by atoms with Crippen LogP contribution in [0.25, 0.3) is 60.2 Å². The van der Waals surface area contributed by atoms with Crippen LogP contribution in [0.3, 0.4) is 0 Å². The van der Waals surface area contributed by atoms with Crippen LogP contribution in [0.4, 0.5) is 17.1 Å². The molecule has 0 atom stereocenters. The fourth-order valence-electron chi connectivity index (χ4n) is 7.02. The predicted molar refractivity (Wildman–Crippen MR) is 196 cm³/mol. The first-order chi connectivity index (χ1) is 22.8. The van der Waals surface area contributed by atoms with E-state index in [4.69, 9.17) is 0 Å². The van der Waals surface area contributed by atoms with Crippen molar-refractivity contribution in [2.75, 3.05) is 4.90 Å². The van der Waals surface area contributed by atoms with Gasteiger partial charge in [0.25, 0.3) is 0 Å². The van der Waals surface area contributed by atoms with Gasteiger partial charge < -0.3 is 9.47 Å². The maximum atomic E-state index is 2.43. The molecule has 2 nitrogen and oxygen atoms in total. The first-order valence-electron chi connectivity index (χ1n) is 15.8. The number of fused-ring (bicyclic) bond motifs is 6. The number of hydrogen-bond donors (Lipinski definition) is 0. The Balaban J connectivity index is 1.35. The molecule has 0 radical (unpaired) electrons. The van der Waals surface area contributed by atoms with Gasteiger partial charge in [0.05, 0.1) is 16.7 Å². The molecular formula is C44H30N2. The van der Waals surface area contributed by atoms with E-state index in [1.54, 1.807) is 0 Å². The Morgan fingerprint density at radius 1 is 0.370 bits per heavy atom. The summed E-state index contributed by atoms with van der Waals surface area (Å²) in [6, 6.07) is 65.7. The summed E-state index contributed by atoms with van der Waals surface area (Å²) in [5.41, 5.74) is 9.29. The Hall–Kier alpha value is -6.12. The fraction of sp³-hybridized carbons (Fsp3) is 0. The van der Waals surface area contributed by atoms with Crippen LogP contribution in [-0.4, -0.2) is 4.57 Å². The Kier molecular flexibility index (Phi) is 6.17. The van der Waals surface area contributed by atoms with Crippen molar-refractivity contribution >= 4 is 60.4 Å². The minimum absolute atomic E-state index is 1.11. The SMILES string of the molecule is c1ccc(-c2ccc(N(c3ccc4ccc5ccccc5c4c3)c3cccc4c5ccccc5n(-c5ccccc5)c34)cc2)cc1. The van der Waals surface area contributed by atoms with Crippen molar-refractivity contribution in [2.24, 2.45) is 0 Å². The molecule has 0 amide bonds. The molecule has 0 unspecified atom stereocenters. The minimum atomic E-state index is 1.11. The summed E-state index contributed by atoms with van der Waals surface area (Å²) >= 11 is 0. The van der Waals surface area contributed by atoms with Gasteiger partial charge in [-0.15, -0.1) is 0 Å². The Morgan fingerprint density at radius 3 is 1.76 bits per heavy atom. The van der Waals surface area contributed by atoms with Gasteiger partial charge in [0.1, 0.15) is 0 Å². The Bertz CT molecular complexity index is 2510. The van der Waals surface area contributed by atoms with Crippen molar-refractivity contribution in [3.63, 3.8) is 0 Å². The van der Waals surface area contributed by atoms with E-state index in [1.807, 2.05) is 0 Å². The molecule has 0 aliphatic heterocycles. The highest BCUT2D eigenvalue weighted by Crippen LogP contribution is 2.44. The zero-order valence-corrected chi connectivity index (χ0v) is 25.2. The second-order valence-corrected chi connectivity index (χ2v) is 11.8. The highest BCUT2D eigenvalue weighted by atomic mass is 15.2. The highest BCUT2D eigenvalue weighted by molar-refractivity contribution is 6.15. The number of para-hydroxylation sites is 3. The number of benzene rings is 8. The van der Waals surface area contributed by atoms with Crippen LogP contribution < -0.4 is 4.90 Å². The number of rotatable bonds is 5. The topological polar surface area (TPSA) is 8.17 Å². The first-order valence-corrected chi connectivity index (χ1v) is 15.8. The molecule has 1 heterocycles. The molecule has 0 aliphatic rings. The largest absolute Gasteiger partial charge is 0.308 e. The lowest BCUT2D eigenvalue weighted by molar-refractivity contribution is 1.17. The fourth-order valence-corrected chi connectivity index (χ4v) is 7.02. The zero-order chi connectivity index (χ0) is 30.5. The van der Waals surface area contributed by atoms with E-state index < -0.39 is 0 Å². The number of nitrogens with zero attached hydrogens (tertiary/aromatic N) is 2. The first kappa shape index (κ1) is 26.3. The maximum absolute atomic E-state index is 2.43. The van der Waals surface area contributed by atoms with E-state index in [0.29, 0.717) is 0 Å². The summed E-state index contributed by atoms with van der Waals surface area (Å²) in [5.74, 6) is 0. The lowest BCUT2D eigenvalue weighted by Gasteiger charge is -2.28. The molecule has 0 aliphatic carbocycles. The van der Waals surface area contributed by atoms with Crippen molar-refractivity contribution in [1.82, 2.24) is 4.57 Å². The van der Waals surface area contributed by atoms with Crippen molar-refractivity contribution in [2.45, 2.75) is 0 Å². The van der Waals surface area contributed by atoms with Gasteiger partial charge in [-0.2, -0.15) is 0 Å². The van der Waals surface area contributed by atoms with Gasteiger partial charge in [-0.3, -0.25) is 0 Å². The molecule has 46 heavy (non-hydrogen) atoms. The molecule has 9 aromatic rings. The van der Waals surface area contributed by atoms with Crippen LogP contribution in [0.5, 0.6) is 0 Å².